The summed E-state index contributed by atoms with van der Waals surface area (Å²) in [7, 11) is 0. The van der Waals surface area contributed by atoms with E-state index in [4.69, 9.17) is 5.73 Å². The summed E-state index contributed by atoms with van der Waals surface area (Å²) >= 11 is 0. The fourth-order valence-electron chi connectivity index (χ4n) is 3.32. The SMILES string of the molecule is CCN(c1ccc(C(F)(F)F)cc1)C1CCCCC1CN. The lowest BCUT2D eigenvalue weighted by atomic mass is 9.83. The molecule has 5 heteroatoms. The van der Waals surface area contributed by atoms with Crippen molar-refractivity contribution in [1.82, 2.24) is 0 Å². The molecule has 0 spiro atoms. The van der Waals surface area contributed by atoms with Crippen molar-refractivity contribution in [3.8, 4) is 0 Å². The van der Waals surface area contributed by atoms with E-state index in [1.165, 1.54) is 6.42 Å². The van der Waals surface area contributed by atoms with Crippen LogP contribution in [0.2, 0.25) is 0 Å². The lowest BCUT2D eigenvalue weighted by molar-refractivity contribution is -0.137. The van der Waals surface area contributed by atoms with Crippen LogP contribution in [-0.4, -0.2) is 19.1 Å². The van der Waals surface area contributed by atoms with Crippen LogP contribution in [0.3, 0.4) is 0 Å². The number of hydrogen-bond donors (Lipinski definition) is 1. The van der Waals surface area contributed by atoms with Gasteiger partial charge in [-0.05, 0) is 56.5 Å². The molecule has 1 aromatic rings. The molecule has 0 radical (unpaired) electrons. The number of anilines is 1. The molecule has 2 N–H and O–H groups in total. The third kappa shape index (κ3) is 3.70. The molecule has 2 nitrogen and oxygen atoms in total. The highest BCUT2D eigenvalue weighted by Crippen LogP contribution is 2.34. The fourth-order valence-corrected chi connectivity index (χ4v) is 3.32. The standard InChI is InChI=1S/C16H23F3N2/c1-2-21(15-6-4-3-5-12(15)11-20)14-9-7-13(8-10-14)16(17,18)19/h7-10,12,15H,2-6,11,20H2,1H3. The Hall–Kier alpha value is -1.23. The van der Waals surface area contributed by atoms with Gasteiger partial charge in [0.05, 0.1) is 5.56 Å². The highest BCUT2D eigenvalue weighted by molar-refractivity contribution is 5.49. The second-order valence-corrected chi connectivity index (χ2v) is 5.68. The van der Waals surface area contributed by atoms with Crippen LogP contribution >= 0.6 is 0 Å². The van der Waals surface area contributed by atoms with Crippen molar-refractivity contribution in [3.63, 3.8) is 0 Å². The number of hydrogen-bond acceptors (Lipinski definition) is 2. The number of nitrogens with zero attached hydrogens (tertiary/aromatic N) is 1. The topological polar surface area (TPSA) is 29.3 Å². The minimum atomic E-state index is -4.28. The average Bonchev–Trinajstić information content (AvgIpc) is 2.48. The number of halogens is 3. The first kappa shape index (κ1) is 16.1. The van der Waals surface area contributed by atoms with Crippen LogP contribution in [0.5, 0.6) is 0 Å². The van der Waals surface area contributed by atoms with Crippen molar-refractivity contribution in [1.29, 1.82) is 0 Å². The van der Waals surface area contributed by atoms with Crippen LogP contribution in [0.15, 0.2) is 24.3 Å². The van der Waals surface area contributed by atoms with Gasteiger partial charge in [-0.15, -0.1) is 0 Å². The van der Waals surface area contributed by atoms with Gasteiger partial charge in [-0.25, -0.2) is 0 Å². The Morgan fingerprint density at radius 3 is 2.29 bits per heavy atom. The lowest BCUT2D eigenvalue weighted by Crippen LogP contribution is -2.45. The zero-order valence-electron chi connectivity index (χ0n) is 12.4. The van der Waals surface area contributed by atoms with Crippen LogP contribution in [-0.2, 0) is 6.18 Å². The monoisotopic (exact) mass is 300 g/mol. The summed E-state index contributed by atoms with van der Waals surface area (Å²) in [5.74, 6) is 0.431. The number of alkyl halides is 3. The van der Waals surface area contributed by atoms with Crippen molar-refractivity contribution in [2.45, 2.75) is 44.8 Å². The molecular weight excluding hydrogens is 277 g/mol. The van der Waals surface area contributed by atoms with Gasteiger partial charge in [-0.2, -0.15) is 13.2 Å². The van der Waals surface area contributed by atoms with Crippen molar-refractivity contribution < 1.29 is 13.2 Å². The summed E-state index contributed by atoms with van der Waals surface area (Å²) in [6.07, 6.45) is 0.260. The van der Waals surface area contributed by atoms with Crippen LogP contribution in [0.4, 0.5) is 18.9 Å². The molecule has 1 fully saturated rings. The Bertz CT molecular complexity index is 442. The Labute approximate surface area is 124 Å². The maximum atomic E-state index is 12.6. The minimum Gasteiger partial charge on any atom is -0.368 e. The first-order chi connectivity index (χ1) is 9.97. The predicted octanol–water partition coefficient (Wildman–Crippen LogP) is 4.05. The molecule has 0 heterocycles. The van der Waals surface area contributed by atoms with Gasteiger partial charge in [0.25, 0.3) is 0 Å². The van der Waals surface area contributed by atoms with E-state index in [9.17, 15) is 13.2 Å². The maximum absolute atomic E-state index is 12.6. The zero-order chi connectivity index (χ0) is 15.5. The van der Waals surface area contributed by atoms with Gasteiger partial charge in [-0.3, -0.25) is 0 Å². The molecule has 1 aromatic carbocycles. The summed E-state index contributed by atoms with van der Waals surface area (Å²) in [5, 5.41) is 0. The van der Waals surface area contributed by atoms with E-state index in [0.29, 0.717) is 18.5 Å². The van der Waals surface area contributed by atoms with Gasteiger partial charge in [0.15, 0.2) is 0 Å². The van der Waals surface area contributed by atoms with Gasteiger partial charge in [0, 0.05) is 18.3 Å². The predicted molar refractivity (Wildman–Crippen MR) is 79.3 cm³/mol. The van der Waals surface area contributed by atoms with Gasteiger partial charge >= 0.3 is 6.18 Å². The minimum absolute atomic E-state index is 0.338. The Morgan fingerprint density at radius 1 is 1.14 bits per heavy atom. The largest absolute Gasteiger partial charge is 0.416 e. The lowest BCUT2D eigenvalue weighted by Gasteiger charge is -2.40. The molecule has 0 aliphatic heterocycles. The van der Waals surface area contributed by atoms with Gasteiger partial charge in [0.2, 0.25) is 0 Å². The molecule has 1 aliphatic rings. The van der Waals surface area contributed by atoms with Crippen LogP contribution in [0, 0.1) is 5.92 Å². The highest BCUT2D eigenvalue weighted by atomic mass is 19.4. The normalized spacial score (nSPS) is 23.1. The van der Waals surface area contributed by atoms with Gasteiger partial charge in [-0.1, -0.05) is 12.8 Å². The number of nitrogens with two attached hydrogens (primary N) is 1. The highest BCUT2D eigenvalue weighted by Gasteiger charge is 2.31. The molecule has 0 aromatic heterocycles. The molecule has 0 bridgehead atoms. The van der Waals surface area contributed by atoms with Gasteiger partial charge < -0.3 is 10.6 Å². The Balaban J connectivity index is 2.20. The summed E-state index contributed by atoms with van der Waals surface area (Å²) in [4.78, 5) is 2.21. The van der Waals surface area contributed by atoms with E-state index in [0.717, 1.165) is 43.6 Å². The van der Waals surface area contributed by atoms with E-state index in [-0.39, 0.29) is 0 Å². The molecule has 2 rings (SSSR count). The third-order valence-electron chi connectivity index (χ3n) is 4.44. The van der Waals surface area contributed by atoms with E-state index in [1.54, 1.807) is 12.1 Å². The molecule has 2 atom stereocenters. The van der Waals surface area contributed by atoms with Crippen molar-refractivity contribution in [3.05, 3.63) is 29.8 Å². The summed E-state index contributed by atoms with van der Waals surface area (Å²) in [6, 6.07) is 5.82. The average molecular weight is 300 g/mol. The fraction of sp³-hybridized carbons (Fsp3) is 0.625. The van der Waals surface area contributed by atoms with E-state index < -0.39 is 11.7 Å². The number of rotatable bonds is 4. The summed E-state index contributed by atoms with van der Waals surface area (Å²) in [6.45, 7) is 3.47. The summed E-state index contributed by atoms with van der Waals surface area (Å²) in [5.41, 5.74) is 6.13. The molecule has 0 saturated heterocycles. The van der Waals surface area contributed by atoms with E-state index in [1.807, 2.05) is 6.92 Å². The molecule has 0 amide bonds. The van der Waals surface area contributed by atoms with Crippen molar-refractivity contribution >= 4 is 5.69 Å². The quantitative estimate of drug-likeness (QED) is 0.909. The second kappa shape index (κ2) is 6.69. The zero-order valence-corrected chi connectivity index (χ0v) is 12.4. The molecular formula is C16H23F3N2. The van der Waals surface area contributed by atoms with Crippen LogP contribution < -0.4 is 10.6 Å². The molecule has 1 aliphatic carbocycles. The first-order valence-electron chi connectivity index (χ1n) is 7.61. The number of benzene rings is 1. The van der Waals surface area contributed by atoms with Crippen molar-refractivity contribution in [2.75, 3.05) is 18.0 Å². The van der Waals surface area contributed by atoms with Crippen LogP contribution in [0.1, 0.15) is 38.2 Å². The van der Waals surface area contributed by atoms with Crippen LogP contribution in [0.25, 0.3) is 0 Å². The second-order valence-electron chi connectivity index (χ2n) is 5.68. The smallest absolute Gasteiger partial charge is 0.368 e. The molecule has 21 heavy (non-hydrogen) atoms. The van der Waals surface area contributed by atoms with Crippen molar-refractivity contribution in [2.24, 2.45) is 11.7 Å². The molecule has 1 saturated carbocycles. The Kier molecular flexibility index (Phi) is 5.14. The third-order valence-corrected chi connectivity index (χ3v) is 4.44. The van der Waals surface area contributed by atoms with E-state index in [2.05, 4.69) is 4.90 Å². The molecule has 118 valence electrons. The summed E-state index contributed by atoms with van der Waals surface area (Å²) < 4.78 is 37.9. The first-order valence-corrected chi connectivity index (χ1v) is 7.61. The maximum Gasteiger partial charge on any atom is 0.416 e. The Morgan fingerprint density at radius 2 is 1.76 bits per heavy atom. The van der Waals surface area contributed by atoms with E-state index >= 15 is 0 Å². The van der Waals surface area contributed by atoms with Gasteiger partial charge in [0.1, 0.15) is 0 Å². The molecule has 2 unspecified atom stereocenters.